The van der Waals surface area contributed by atoms with Crippen molar-refractivity contribution < 1.29 is 9.53 Å². The molecule has 27 heavy (non-hydrogen) atoms. The minimum absolute atomic E-state index is 0.00157. The van der Waals surface area contributed by atoms with Gasteiger partial charge in [-0.05, 0) is 34.9 Å². The first kappa shape index (κ1) is 19.0. The summed E-state index contributed by atoms with van der Waals surface area (Å²) in [5, 5.41) is 5.12. The monoisotopic (exact) mass is 361 g/mol. The number of benzene rings is 3. The van der Waals surface area contributed by atoms with Crippen LogP contribution in [-0.2, 0) is 10.2 Å². The van der Waals surface area contributed by atoms with Gasteiger partial charge in [0.1, 0.15) is 5.75 Å². The summed E-state index contributed by atoms with van der Waals surface area (Å²) in [5.41, 5.74) is 2.49. The quantitative estimate of drug-likeness (QED) is 0.661. The molecule has 0 bridgehead atoms. The van der Waals surface area contributed by atoms with E-state index < -0.39 is 0 Å². The van der Waals surface area contributed by atoms with Crippen LogP contribution in [0.3, 0.4) is 0 Å². The summed E-state index contributed by atoms with van der Waals surface area (Å²) in [6.45, 7) is 8.56. The summed E-state index contributed by atoms with van der Waals surface area (Å²) in [6, 6.07) is 22.2. The van der Waals surface area contributed by atoms with Gasteiger partial charge in [-0.25, -0.2) is 0 Å². The van der Waals surface area contributed by atoms with Crippen molar-refractivity contribution in [2.24, 2.45) is 0 Å². The summed E-state index contributed by atoms with van der Waals surface area (Å²) < 4.78 is 5.77. The molecule has 3 nitrogen and oxygen atoms in total. The van der Waals surface area contributed by atoms with Gasteiger partial charge >= 0.3 is 0 Å². The molecule has 0 aliphatic rings. The molecular weight excluding hydrogens is 334 g/mol. The Balaban J connectivity index is 1.60. The lowest BCUT2D eigenvalue weighted by molar-refractivity contribution is -0.123. The van der Waals surface area contributed by atoms with Crippen LogP contribution in [0, 0.1) is 0 Å². The summed E-state index contributed by atoms with van der Waals surface area (Å²) in [5.74, 6) is 0.598. The van der Waals surface area contributed by atoms with E-state index >= 15 is 0 Å². The molecule has 0 saturated heterocycles. The molecule has 3 aromatic rings. The Labute approximate surface area is 161 Å². The van der Waals surface area contributed by atoms with Gasteiger partial charge in [0.15, 0.2) is 6.61 Å². The number of ether oxygens (including phenoxy) is 1. The SMILES string of the molecule is CC(NC(=O)COc1cccc2ccccc12)c1ccc(C(C)(C)C)cc1. The summed E-state index contributed by atoms with van der Waals surface area (Å²) in [7, 11) is 0. The molecule has 0 spiro atoms. The van der Waals surface area contributed by atoms with E-state index in [9.17, 15) is 4.79 Å². The van der Waals surface area contributed by atoms with Gasteiger partial charge < -0.3 is 10.1 Å². The highest BCUT2D eigenvalue weighted by Gasteiger charge is 2.15. The number of fused-ring (bicyclic) bond motifs is 1. The van der Waals surface area contributed by atoms with E-state index in [1.165, 1.54) is 5.56 Å². The van der Waals surface area contributed by atoms with Crippen molar-refractivity contribution in [1.29, 1.82) is 0 Å². The fourth-order valence-electron chi connectivity index (χ4n) is 3.10. The van der Waals surface area contributed by atoms with Crippen LogP contribution in [0.5, 0.6) is 5.75 Å². The molecule has 1 atom stereocenters. The van der Waals surface area contributed by atoms with Crippen molar-refractivity contribution in [3.63, 3.8) is 0 Å². The maximum atomic E-state index is 12.3. The van der Waals surface area contributed by atoms with Crippen molar-refractivity contribution in [2.45, 2.75) is 39.2 Å². The average molecular weight is 361 g/mol. The molecule has 0 fully saturated rings. The minimum atomic E-state index is -0.129. The fraction of sp³-hybridized carbons (Fsp3) is 0.292. The van der Waals surface area contributed by atoms with Gasteiger partial charge in [-0.15, -0.1) is 0 Å². The predicted octanol–water partition coefficient (Wildman–Crippen LogP) is 5.39. The van der Waals surface area contributed by atoms with Crippen LogP contribution in [0.1, 0.15) is 44.9 Å². The predicted molar refractivity (Wildman–Crippen MR) is 111 cm³/mol. The molecule has 1 amide bonds. The number of hydrogen-bond acceptors (Lipinski definition) is 2. The summed E-state index contributed by atoms with van der Waals surface area (Å²) in [4.78, 5) is 12.3. The normalized spacial score (nSPS) is 12.6. The zero-order valence-corrected chi connectivity index (χ0v) is 16.5. The summed E-state index contributed by atoms with van der Waals surface area (Å²) in [6.07, 6.45) is 0. The fourth-order valence-corrected chi connectivity index (χ4v) is 3.10. The van der Waals surface area contributed by atoms with Crippen molar-refractivity contribution in [3.05, 3.63) is 77.9 Å². The Bertz CT molecular complexity index is 918. The van der Waals surface area contributed by atoms with Crippen LogP contribution in [0.25, 0.3) is 10.8 Å². The van der Waals surface area contributed by atoms with Gasteiger partial charge in [0, 0.05) is 5.39 Å². The lowest BCUT2D eigenvalue weighted by atomic mass is 9.86. The summed E-state index contributed by atoms with van der Waals surface area (Å²) >= 11 is 0. The molecule has 0 aromatic heterocycles. The zero-order chi connectivity index (χ0) is 19.4. The first-order valence-electron chi connectivity index (χ1n) is 9.35. The molecule has 1 unspecified atom stereocenters. The van der Waals surface area contributed by atoms with E-state index in [2.05, 4.69) is 50.4 Å². The smallest absolute Gasteiger partial charge is 0.258 e. The maximum absolute atomic E-state index is 12.3. The Morgan fingerprint density at radius 1 is 0.963 bits per heavy atom. The van der Waals surface area contributed by atoms with Crippen molar-refractivity contribution >= 4 is 16.7 Å². The third kappa shape index (κ3) is 4.68. The number of hydrogen-bond donors (Lipinski definition) is 1. The Morgan fingerprint density at radius 2 is 1.63 bits per heavy atom. The van der Waals surface area contributed by atoms with Crippen LogP contribution in [0.15, 0.2) is 66.7 Å². The van der Waals surface area contributed by atoms with E-state index in [-0.39, 0.29) is 24.0 Å². The minimum Gasteiger partial charge on any atom is -0.483 e. The van der Waals surface area contributed by atoms with Gasteiger partial charge in [-0.2, -0.15) is 0 Å². The van der Waals surface area contributed by atoms with E-state index in [0.29, 0.717) is 0 Å². The van der Waals surface area contributed by atoms with Crippen LogP contribution in [0.4, 0.5) is 0 Å². The standard InChI is InChI=1S/C24H27NO2/c1-17(18-12-14-20(15-13-18)24(2,3)4)25-23(26)16-27-22-11-7-9-19-8-5-6-10-21(19)22/h5-15,17H,16H2,1-4H3,(H,25,26). The van der Waals surface area contributed by atoms with Gasteiger partial charge in [0.25, 0.3) is 5.91 Å². The highest BCUT2D eigenvalue weighted by Crippen LogP contribution is 2.25. The molecule has 0 aliphatic carbocycles. The third-order valence-electron chi connectivity index (χ3n) is 4.76. The van der Waals surface area contributed by atoms with E-state index in [4.69, 9.17) is 4.74 Å². The number of nitrogens with one attached hydrogen (secondary N) is 1. The molecule has 3 rings (SSSR count). The second kappa shape index (κ2) is 7.83. The molecule has 0 saturated carbocycles. The van der Waals surface area contributed by atoms with Crippen molar-refractivity contribution in [1.82, 2.24) is 5.32 Å². The average Bonchev–Trinajstić information content (AvgIpc) is 2.65. The zero-order valence-electron chi connectivity index (χ0n) is 16.5. The first-order chi connectivity index (χ1) is 12.8. The second-order valence-corrected chi connectivity index (χ2v) is 7.93. The molecule has 0 radical (unpaired) electrons. The third-order valence-corrected chi connectivity index (χ3v) is 4.76. The van der Waals surface area contributed by atoms with Crippen molar-refractivity contribution in [2.75, 3.05) is 6.61 Å². The van der Waals surface area contributed by atoms with Crippen LogP contribution in [-0.4, -0.2) is 12.5 Å². The van der Waals surface area contributed by atoms with Gasteiger partial charge in [-0.1, -0.05) is 81.4 Å². The number of carbonyl (C=O) groups excluding carboxylic acids is 1. The van der Waals surface area contributed by atoms with E-state index in [0.717, 1.165) is 22.1 Å². The molecule has 0 aliphatic heterocycles. The second-order valence-electron chi connectivity index (χ2n) is 7.93. The molecule has 0 heterocycles. The Kier molecular flexibility index (Phi) is 5.50. The van der Waals surface area contributed by atoms with Crippen LogP contribution < -0.4 is 10.1 Å². The highest BCUT2D eigenvalue weighted by molar-refractivity contribution is 5.88. The lowest BCUT2D eigenvalue weighted by Gasteiger charge is -2.21. The lowest BCUT2D eigenvalue weighted by Crippen LogP contribution is -2.31. The molecule has 140 valence electrons. The van der Waals surface area contributed by atoms with E-state index in [1.54, 1.807) is 0 Å². The molecule has 3 heteroatoms. The molecule has 3 aromatic carbocycles. The van der Waals surface area contributed by atoms with Gasteiger partial charge in [-0.3, -0.25) is 4.79 Å². The molecular formula is C24H27NO2. The molecule has 1 N–H and O–H groups in total. The topological polar surface area (TPSA) is 38.3 Å². The Hall–Kier alpha value is -2.81. The van der Waals surface area contributed by atoms with Gasteiger partial charge in [0.2, 0.25) is 0 Å². The maximum Gasteiger partial charge on any atom is 0.258 e. The van der Waals surface area contributed by atoms with Crippen molar-refractivity contribution in [3.8, 4) is 5.75 Å². The Morgan fingerprint density at radius 3 is 2.33 bits per heavy atom. The highest BCUT2D eigenvalue weighted by atomic mass is 16.5. The number of rotatable bonds is 5. The van der Waals surface area contributed by atoms with Crippen LogP contribution in [0.2, 0.25) is 0 Å². The largest absolute Gasteiger partial charge is 0.483 e. The number of amides is 1. The first-order valence-corrected chi connectivity index (χ1v) is 9.35. The van der Waals surface area contributed by atoms with Crippen LogP contribution >= 0.6 is 0 Å². The van der Waals surface area contributed by atoms with Gasteiger partial charge in [0.05, 0.1) is 6.04 Å². The van der Waals surface area contributed by atoms with E-state index in [1.807, 2.05) is 49.4 Å². The number of carbonyl (C=O) groups is 1.